The van der Waals surface area contributed by atoms with Gasteiger partial charge in [-0.1, -0.05) is 18.2 Å². The lowest BCUT2D eigenvalue weighted by molar-refractivity contribution is -0.131. The molecule has 0 aliphatic carbocycles. The van der Waals surface area contributed by atoms with Gasteiger partial charge in [0.25, 0.3) is 0 Å². The number of para-hydroxylation sites is 1. The minimum Gasteiger partial charge on any atom is -0.497 e. The van der Waals surface area contributed by atoms with Crippen LogP contribution in [-0.2, 0) is 9.59 Å². The van der Waals surface area contributed by atoms with E-state index in [4.69, 9.17) is 9.47 Å². The van der Waals surface area contributed by atoms with E-state index >= 15 is 0 Å². The van der Waals surface area contributed by atoms with E-state index in [1.807, 2.05) is 55.4 Å². The maximum Gasteiger partial charge on any atom is 0.308 e. The van der Waals surface area contributed by atoms with Crippen molar-refractivity contribution in [2.45, 2.75) is 23.5 Å². The van der Waals surface area contributed by atoms with Crippen LogP contribution in [0.4, 0.5) is 5.69 Å². The molecule has 0 N–H and O–H groups in total. The highest BCUT2D eigenvalue weighted by atomic mass is 32.2. The van der Waals surface area contributed by atoms with Crippen molar-refractivity contribution in [3.8, 4) is 11.5 Å². The van der Waals surface area contributed by atoms with Gasteiger partial charge < -0.3 is 19.3 Å². The molecule has 1 aliphatic heterocycles. The zero-order chi connectivity index (χ0) is 21.0. The molecule has 29 heavy (non-hydrogen) atoms. The second kappa shape index (κ2) is 9.33. The molecular formula is C22H26N2O4S. The summed E-state index contributed by atoms with van der Waals surface area (Å²) in [6.07, 6.45) is 0.313. The summed E-state index contributed by atoms with van der Waals surface area (Å²) in [5, 5.41) is -0.173. The van der Waals surface area contributed by atoms with Gasteiger partial charge in [-0.2, -0.15) is 0 Å². The monoisotopic (exact) mass is 414 g/mol. The number of anilines is 1. The van der Waals surface area contributed by atoms with Crippen LogP contribution in [0, 0.1) is 0 Å². The Kier molecular flexibility index (Phi) is 6.82. The van der Waals surface area contributed by atoms with Gasteiger partial charge in [-0.3, -0.25) is 9.59 Å². The first-order valence-corrected chi connectivity index (χ1v) is 10.3. The summed E-state index contributed by atoms with van der Waals surface area (Å²) in [4.78, 5) is 29.8. The van der Waals surface area contributed by atoms with Crippen LogP contribution < -0.4 is 14.4 Å². The largest absolute Gasteiger partial charge is 0.497 e. The summed E-state index contributed by atoms with van der Waals surface area (Å²) in [5.74, 6) is 0.681. The Morgan fingerprint density at radius 1 is 1.24 bits per heavy atom. The van der Waals surface area contributed by atoms with Gasteiger partial charge in [-0.05, 0) is 32.3 Å². The van der Waals surface area contributed by atoms with Crippen molar-refractivity contribution in [3.05, 3.63) is 48.0 Å². The van der Waals surface area contributed by atoms with Crippen LogP contribution in [0.15, 0.2) is 47.4 Å². The molecule has 0 bridgehead atoms. The lowest BCUT2D eigenvalue weighted by Gasteiger charge is -2.24. The Bertz CT molecular complexity index is 900. The summed E-state index contributed by atoms with van der Waals surface area (Å²) < 4.78 is 10.7. The third-order valence-electron chi connectivity index (χ3n) is 4.68. The van der Waals surface area contributed by atoms with E-state index in [1.54, 1.807) is 24.9 Å². The van der Waals surface area contributed by atoms with Gasteiger partial charge in [0.05, 0.1) is 12.8 Å². The molecule has 0 spiro atoms. The minimum atomic E-state index is -0.405. The fourth-order valence-electron chi connectivity index (χ4n) is 3.25. The third-order valence-corrected chi connectivity index (χ3v) is 5.98. The van der Waals surface area contributed by atoms with Crippen LogP contribution in [0.3, 0.4) is 0 Å². The predicted molar refractivity (Wildman–Crippen MR) is 115 cm³/mol. The smallest absolute Gasteiger partial charge is 0.308 e. The first-order chi connectivity index (χ1) is 13.9. The van der Waals surface area contributed by atoms with Crippen molar-refractivity contribution in [2.24, 2.45) is 0 Å². The average molecular weight is 415 g/mol. The van der Waals surface area contributed by atoms with Crippen molar-refractivity contribution in [2.75, 3.05) is 39.2 Å². The maximum atomic E-state index is 13.2. The number of rotatable bonds is 6. The molecule has 154 valence electrons. The number of esters is 1. The lowest BCUT2D eigenvalue weighted by atomic mass is 10.1. The van der Waals surface area contributed by atoms with Crippen molar-refractivity contribution < 1.29 is 19.1 Å². The predicted octanol–water partition coefficient (Wildman–Crippen LogP) is 3.75. The number of hydrogen-bond acceptors (Lipinski definition) is 6. The molecule has 0 saturated carbocycles. The molecule has 0 saturated heterocycles. The van der Waals surface area contributed by atoms with Crippen molar-refractivity contribution in [1.29, 1.82) is 0 Å². The number of fused-ring (bicyclic) bond motifs is 1. The SMILES string of the molecule is COc1ccc(C2CC(=O)N(CCN(C)C)c3ccccc3S2)c(OC(C)=O)c1. The number of ether oxygens (including phenoxy) is 2. The number of likely N-dealkylation sites (N-methyl/N-ethyl adjacent to an activating group) is 1. The number of hydrogen-bond donors (Lipinski definition) is 0. The third kappa shape index (κ3) is 5.10. The molecule has 0 aromatic heterocycles. The van der Waals surface area contributed by atoms with Crippen LogP contribution in [-0.4, -0.2) is 51.1 Å². The lowest BCUT2D eigenvalue weighted by Crippen LogP contribution is -2.36. The molecular weight excluding hydrogens is 388 g/mol. The molecule has 0 fully saturated rings. The summed E-state index contributed by atoms with van der Waals surface area (Å²) in [7, 11) is 5.55. The maximum absolute atomic E-state index is 13.2. The fourth-order valence-corrected chi connectivity index (χ4v) is 4.56. The molecule has 1 aliphatic rings. The fraction of sp³-hybridized carbons (Fsp3) is 0.364. The molecule has 1 heterocycles. The standard InChI is InChI=1S/C22H26N2O4S/c1-15(25)28-19-13-16(27-4)9-10-17(19)21-14-22(26)24(12-11-23(2)3)18-7-5-6-8-20(18)29-21/h5-10,13,21H,11-12,14H2,1-4H3. The van der Waals surface area contributed by atoms with Crippen molar-refractivity contribution >= 4 is 29.3 Å². The molecule has 1 amide bonds. The molecule has 0 radical (unpaired) electrons. The molecule has 7 heteroatoms. The molecule has 6 nitrogen and oxygen atoms in total. The number of carbonyl (C=O) groups is 2. The normalized spacial score (nSPS) is 16.4. The van der Waals surface area contributed by atoms with E-state index in [1.165, 1.54) is 6.92 Å². The van der Waals surface area contributed by atoms with E-state index in [0.29, 0.717) is 24.5 Å². The van der Waals surface area contributed by atoms with Gasteiger partial charge in [0.15, 0.2) is 0 Å². The van der Waals surface area contributed by atoms with Crippen LogP contribution >= 0.6 is 11.8 Å². The summed E-state index contributed by atoms with van der Waals surface area (Å²) in [5.41, 5.74) is 1.73. The summed E-state index contributed by atoms with van der Waals surface area (Å²) in [6.45, 7) is 2.76. The molecule has 2 aromatic carbocycles. The zero-order valence-corrected chi connectivity index (χ0v) is 18.0. The molecule has 2 aromatic rings. The molecule has 1 unspecified atom stereocenters. The van der Waals surface area contributed by atoms with Gasteiger partial charge >= 0.3 is 5.97 Å². The molecule has 3 rings (SSSR count). The van der Waals surface area contributed by atoms with Crippen molar-refractivity contribution in [1.82, 2.24) is 4.90 Å². The Hall–Kier alpha value is -2.51. The van der Waals surface area contributed by atoms with Crippen molar-refractivity contribution in [3.63, 3.8) is 0 Å². The first-order valence-electron chi connectivity index (χ1n) is 9.46. The van der Waals surface area contributed by atoms with Gasteiger partial charge in [0.2, 0.25) is 5.91 Å². The Morgan fingerprint density at radius 2 is 2.00 bits per heavy atom. The molecule has 1 atom stereocenters. The first kappa shape index (κ1) is 21.2. The van der Waals surface area contributed by atoms with Gasteiger partial charge in [-0.15, -0.1) is 11.8 Å². The zero-order valence-electron chi connectivity index (χ0n) is 17.2. The van der Waals surface area contributed by atoms with Gasteiger partial charge in [-0.25, -0.2) is 0 Å². The Morgan fingerprint density at radius 3 is 2.69 bits per heavy atom. The van der Waals surface area contributed by atoms with E-state index in [-0.39, 0.29) is 11.2 Å². The number of nitrogens with zero attached hydrogens (tertiary/aromatic N) is 2. The number of thioether (sulfide) groups is 1. The Balaban J connectivity index is 1.99. The van der Waals surface area contributed by atoms with E-state index < -0.39 is 5.97 Å². The van der Waals surface area contributed by atoms with Crippen LogP contribution in [0.25, 0.3) is 0 Å². The second-order valence-corrected chi connectivity index (χ2v) is 8.37. The topological polar surface area (TPSA) is 59.1 Å². The van der Waals surface area contributed by atoms with Crippen LogP contribution in [0.5, 0.6) is 11.5 Å². The summed E-state index contributed by atoms with van der Waals surface area (Å²) in [6, 6.07) is 13.3. The van der Waals surface area contributed by atoms with E-state index in [2.05, 4.69) is 4.90 Å². The number of carbonyl (C=O) groups excluding carboxylic acids is 2. The second-order valence-electron chi connectivity index (χ2n) is 7.12. The summed E-state index contributed by atoms with van der Waals surface area (Å²) >= 11 is 1.62. The number of benzene rings is 2. The van der Waals surface area contributed by atoms with E-state index in [0.717, 1.165) is 22.7 Å². The Labute approximate surface area is 175 Å². The number of methoxy groups -OCH3 is 1. The minimum absolute atomic E-state index is 0.0545. The van der Waals surface area contributed by atoms with Crippen LogP contribution in [0.2, 0.25) is 0 Å². The van der Waals surface area contributed by atoms with Gasteiger partial charge in [0.1, 0.15) is 11.5 Å². The quantitative estimate of drug-likeness (QED) is 0.530. The average Bonchev–Trinajstić information content (AvgIpc) is 2.81. The van der Waals surface area contributed by atoms with E-state index in [9.17, 15) is 9.59 Å². The van der Waals surface area contributed by atoms with Gasteiger partial charge in [0, 0.05) is 48.2 Å². The number of amides is 1. The highest BCUT2D eigenvalue weighted by Crippen LogP contribution is 2.48. The highest BCUT2D eigenvalue weighted by molar-refractivity contribution is 7.99. The van der Waals surface area contributed by atoms with Crippen LogP contribution in [0.1, 0.15) is 24.2 Å². The highest BCUT2D eigenvalue weighted by Gasteiger charge is 2.31.